The summed E-state index contributed by atoms with van der Waals surface area (Å²) < 4.78 is 5.26. The van der Waals surface area contributed by atoms with E-state index in [1.54, 1.807) is 12.4 Å². The van der Waals surface area contributed by atoms with Gasteiger partial charge < -0.3 is 10.5 Å². The molecule has 1 rings (SSSR count). The Morgan fingerprint density at radius 2 is 2.14 bits per heavy atom. The lowest BCUT2D eigenvalue weighted by Gasteiger charge is -2.14. The molecule has 1 aromatic heterocycles. The molecule has 0 aliphatic rings. The normalized spacial score (nSPS) is 14.9. The van der Waals surface area contributed by atoms with E-state index in [2.05, 4.69) is 9.97 Å². The maximum Gasteiger partial charge on any atom is 0.232 e. The molecule has 1 heterocycles. The topological polar surface area (TPSA) is 61.0 Å². The molecule has 0 aliphatic carbocycles. The summed E-state index contributed by atoms with van der Waals surface area (Å²) in [5.74, 6) is 0.764. The summed E-state index contributed by atoms with van der Waals surface area (Å²) in [6.45, 7) is 6.51. The summed E-state index contributed by atoms with van der Waals surface area (Å²) in [7, 11) is 0. The minimum absolute atomic E-state index is 0.0705. The van der Waals surface area contributed by atoms with Crippen LogP contribution in [-0.2, 0) is 0 Å². The predicted octanol–water partition coefficient (Wildman–Crippen LogP) is 1.33. The predicted molar refractivity (Wildman–Crippen MR) is 55.3 cm³/mol. The average Bonchev–Trinajstić information content (AvgIpc) is 2.17. The minimum Gasteiger partial charge on any atom is -0.477 e. The lowest BCUT2D eigenvalue weighted by atomic mass is 10.0. The first-order valence-corrected chi connectivity index (χ1v) is 4.85. The van der Waals surface area contributed by atoms with Crippen LogP contribution < -0.4 is 10.5 Å². The molecule has 0 spiro atoms. The quantitative estimate of drug-likeness (QED) is 0.787. The second kappa shape index (κ2) is 4.91. The van der Waals surface area contributed by atoms with Crippen LogP contribution in [0.2, 0.25) is 0 Å². The van der Waals surface area contributed by atoms with Crippen LogP contribution in [0.4, 0.5) is 0 Å². The van der Waals surface area contributed by atoms with E-state index in [-0.39, 0.29) is 12.0 Å². The molecule has 0 fully saturated rings. The van der Waals surface area contributed by atoms with Crippen LogP contribution in [0.1, 0.15) is 32.4 Å². The first-order valence-electron chi connectivity index (χ1n) is 4.85. The molecule has 0 saturated heterocycles. The van der Waals surface area contributed by atoms with Gasteiger partial charge in [-0.2, -0.15) is 0 Å². The van der Waals surface area contributed by atoms with Gasteiger partial charge in [-0.3, -0.25) is 4.98 Å². The molecular formula is C10H17N3O. The molecular weight excluding hydrogens is 178 g/mol. The summed E-state index contributed by atoms with van der Waals surface area (Å²) in [5.41, 5.74) is 6.66. The number of rotatable bonds is 4. The van der Waals surface area contributed by atoms with Gasteiger partial charge in [0.05, 0.1) is 18.5 Å². The monoisotopic (exact) mass is 195 g/mol. The van der Waals surface area contributed by atoms with Gasteiger partial charge in [-0.05, 0) is 13.8 Å². The van der Waals surface area contributed by atoms with E-state index in [4.69, 9.17) is 10.5 Å². The van der Waals surface area contributed by atoms with E-state index in [9.17, 15) is 0 Å². The van der Waals surface area contributed by atoms with Gasteiger partial charge in [-0.25, -0.2) is 4.98 Å². The fraction of sp³-hybridized carbons (Fsp3) is 0.600. The Labute approximate surface area is 84.5 Å². The van der Waals surface area contributed by atoms with E-state index in [0.717, 1.165) is 5.69 Å². The Balaban J connectivity index is 2.82. The van der Waals surface area contributed by atoms with E-state index < -0.39 is 0 Å². The van der Waals surface area contributed by atoms with Crippen molar-refractivity contribution in [2.75, 3.05) is 6.61 Å². The number of aromatic nitrogens is 2. The Morgan fingerprint density at radius 3 is 2.71 bits per heavy atom. The van der Waals surface area contributed by atoms with Crippen molar-refractivity contribution in [3.63, 3.8) is 0 Å². The third kappa shape index (κ3) is 2.67. The van der Waals surface area contributed by atoms with Crippen LogP contribution in [0.3, 0.4) is 0 Å². The standard InChI is InChI=1S/C10H17N3O/c1-4-14-10-6-12-5-9(13-10)7(2)8(3)11/h5-8H,4,11H2,1-3H3. The summed E-state index contributed by atoms with van der Waals surface area (Å²) >= 11 is 0. The highest BCUT2D eigenvalue weighted by Crippen LogP contribution is 2.16. The van der Waals surface area contributed by atoms with E-state index in [1.807, 2.05) is 20.8 Å². The largest absolute Gasteiger partial charge is 0.477 e. The summed E-state index contributed by atoms with van der Waals surface area (Å²) in [6.07, 6.45) is 3.34. The van der Waals surface area contributed by atoms with Crippen LogP contribution in [0.5, 0.6) is 5.88 Å². The Bertz CT molecular complexity index is 288. The number of hydrogen-bond donors (Lipinski definition) is 1. The summed E-state index contributed by atoms with van der Waals surface area (Å²) in [6, 6.07) is 0.0705. The molecule has 2 unspecified atom stereocenters. The highest BCUT2D eigenvalue weighted by Gasteiger charge is 2.12. The van der Waals surface area contributed by atoms with Gasteiger partial charge in [0, 0.05) is 18.2 Å². The lowest BCUT2D eigenvalue weighted by molar-refractivity contribution is 0.323. The van der Waals surface area contributed by atoms with Gasteiger partial charge >= 0.3 is 0 Å². The number of nitrogens with zero attached hydrogens (tertiary/aromatic N) is 2. The number of ether oxygens (including phenoxy) is 1. The zero-order valence-electron chi connectivity index (χ0n) is 8.90. The van der Waals surface area contributed by atoms with Gasteiger partial charge in [0.25, 0.3) is 0 Å². The van der Waals surface area contributed by atoms with Crippen LogP contribution in [0, 0.1) is 0 Å². The van der Waals surface area contributed by atoms with E-state index >= 15 is 0 Å². The second-order valence-electron chi connectivity index (χ2n) is 3.36. The SMILES string of the molecule is CCOc1cncc(C(C)C(C)N)n1. The van der Waals surface area contributed by atoms with E-state index in [0.29, 0.717) is 12.5 Å². The lowest BCUT2D eigenvalue weighted by Crippen LogP contribution is -2.23. The zero-order valence-corrected chi connectivity index (χ0v) is 8.90. The molecule has 0 aromatic carbocycles. The van der Waals surface area contributed by atoms with Gasteiger partial charge in [0.1, 0.15) is 0 Å². The third-order valence-electron chi connectivity index (χ3n) is 2.18. The highest BCUT2D eigenvalue weighted by atomic mass is 16.5. The summed E-state index contributed by atoms with van der Waals surface area (Å²) in [4.78, 5) is 8.38. The Morgan fingerprint density at radius 1 is 1.43 bits per heavy atom. The number of nitrogens with two attached hydrogens (primary N) is 1. The van der Waals surface area contributed by atoms with Gasteiger partial charge in [-0.15, -0.1) is 0 Å². The van der Waals surface area contributed by atoms with Crippen molar-refractivity contribution >= 4 is 0 Å². The average molecular weight is 195 g/mol. The van der Waals surface area contributed by atoms with Crippen molar-refractivity contribution in [2.24, 2.45) is 5.73 Å². The first kappa shape index (κ1) is 10.9. The van der Waals surface area contributed by atoms with Crippen molar-refractivity contribution in [3.05, 3.63) is 18.1 Å². The molecule has 2 N–H and O–H groups in total. The van der Waals surface area contributed by atoms with Crippen molar-refractivity contribution in [3.8, 4) is 5.88 Å². The van der Waals surface area contributed by atoms with Crippen LogP contribution >= 0.6 is 0 Å². The molecule has 0 amide bonds. The second-order valence-corrected chi connectivity index (χ2v) is 3.36. The van der Waals surface area contributed by atoms with Crippen molar-refractivity contribution in [1.29, 1.82) is 0 Å². The molecule has 14 heavy (non-hydrogen) atoms. The number of hydrogen-bond acceptors (Lipinski definition) is 4. The molecule has 78 valence electrons. The summed E-state index contributed by atoms with van der Waals surface area (Å²) in [5, 5.41) is 0. The van der Waals surface area contributed by atoms with Crippen molar-refractivity contribution < 1.29 is 4.74 Å². The van der Waals surface area contributed by atoms with Crippen LogP contribution in [0.25, 0.3) is 0 Å². The van der Waals surface area contributed by atoms with Crippen molar-refractivity contribution in [1.82, 2.24) is 9.97 Å². The molecule has 0 saturated carbocycles. The fourth-order valence-corrected chi connectivity index (χ4v) is 1.07. The van der Waals surface area contributed by atoms with Crippen molar-refractivity contribution in [2.45, 2.75) is 32.7 Å². The van der Waals surface area contributed by atoms with Gasteiger partial charge in [-0.1, -0.05) is 6.92 Å². The van der Waals surface area contributed by atoms with Crippen LogP contribution in [-0.4, -0.2) is 22.6 Å². The molecule has 0 aliphatic heterocycles. The minimum atomic E-state index is 0.0705. The van der Waals surface area contributed by atoms with Crippen LogP contribution in [0.15, 0.2) is 12.4 Å². The molecule has 4 heteroatoms. The molecule has 4 nitrogen and oxygen atoms in total. The zero-order chi connectivity index (χ0) is 10.6. The smallest absolute Gasteiger partial charge is 0.232 e. The first-order chi connectivity index (χ1) is 6.65. The Hall–Kier alpha value is -1.16. The molecule has 0 radical (unpaired) electrons. The molecule has 2 atom stereocenters. The maximum atomic E-state index is 5.78. The van der Waals surface area contributed by atoms with E-state index in [1.165, 1.54) is 0 Å². The third-order valence-corrected chi connectivity index (χ3v) is 2.18. The molecule has 0 bridgehead atoms. The maximum absolute atomic E-state index is 5.78. The highest BCUT2D eigenvalue weighted by molar-refractivity contribution is 5.12. The molecule has 1 aromatic rings. The fourth-order valence-electron chi connectivity index (χ4n) is 1.07. The van der Waals surface area contributed by atoms with Gasteiger partial charge in [0.15, 0.2) is 0 Å². The Kier molecular flexibility index (Phi) is 3.83. The van der Waals surface area contributed by atoms with Gasteiger partial charge in [0.2, 0.25) is 5.88 Å².